The standard InChI is InChI=1S/C16H16BrNO2/c1-2-11-3-5-13(6-4-11)18-9-12-7-15-16(8-14(12)17)20-10-19-15/h3-8,18H,2,9-10H2,1H3. The maximum Gasteiger partial charge on any atom is 0.231 e. The summed E-state index contributed by atoms with van der Waals surface area (Å²) < 4.78 is 11.8. The summed E-state index contributed by atoms with van der Waals surface area (Å²) in [5, 5.41) is 3.42. The first-order valence-corrected chi connectivity index (χ1v) is 7.46. The van der Waals surface area contributed by atoms with Gasteiger partial charge in [-0.05, 0) is 41.8 Å². The average molecular weight is 334 g/mol. The largest absolute Gasteiger partial charge is 0.454 e. The van der Waals surface area contributed by atoms with Gasteiger partial charge in [0, 0.05) is 16.7 Å². The molecule has 2 aromatic carbocycles. The van der Waals surface area contributed by atoms with E-state index in [1.54, 1.807) is 0 Å². The molecule has 104 valence electrons. The molecule has 0 fully saturated rings. The number of nitrogens with one attached hydrogen (secondary N) is 1. The summed E-state index contributed by atoms with van der Waals surface area (Å²) in [7, 11) is 0. The van der Waals surface area contributed by atoms with Crippen LogP contribution in [-0.2, 0) is 13.0 Å². The van der Waals surface area contributed by atoms with Crippen molar-refractivity contribution in [3.63, 3.8) is 0 Å². The topological polar surface area (TPSA) is 30.5 Å². The molecule has 0 unspecified atom stereocenters. The Morgan fingerprint density at radius 2 is 1.80 bits per heavy atom. The molecule has 0 amide bonds. The number of anilines is 1. The summed E-state index contributed by atoms with van der Waals surface area (Å²) in [4.78, 5) is 0. The fourth-order valence-electron chi connectivity index (χ4n) is 2.15. The number of hydrogen-bond donors (Lipinski definition) is 1. The first kappa shape index (κ1) is 13.3. The molecular weight excluding hydrogens is 318 g/mol. The molecule has 3 rings (SSSR count). The summed E-state index contributed by atoms with van der Waals surface area (Å²) in [5.41, 5.74) is 3.61. The van der Waals surface area contributed by atoms with Gasteiger partial charge in [-0.3, -0.25) is 0 Å². The number of benzene rings is 2. The lowest BCUT2D eigenvalue weighted by molar-refractivity contribution is 0.174. The number of fused-ring (bicyclic) bond motifs is 1. The molecule has 1 aliphatic heterocycles. The molecule has 1 N–H and O–H groups in total. The van der Waals surface area contributed by atoms with Crippen molar-refractivity contribution in [2.24, 2.45) is 0 Å². The predicted molar refractivity (Wildman–Crippen MR) is 83.4 cm³/mol. The second kappa shape index (κ2) is 5.75. The quantitative estimate of drug-likeness (QED) is 0.902. The third-order valence-electron chi connectivity index (χ3n) is 3.39. The molecule has 0 spiro atoms. The Hall–Kier alpha value is -1.68. The van der Waals surface area contributed by atoms with Gasteiger partial charge >= 0.3 is 0 Å². The van der Waals surface area contributed by atoms with Gasteiger partial charge in [-0.25, -0.2) is 0 Å². The number of aryl methyl sites for hydroxylation is 1. The normalized spacial score (nSPS) is 12.5. The molecule has 0 aliphatic carbocycles. The highest BCUT2D eigenvalue weighted by molar-refractivity contribution is 9.10. The van der Waals surface area contributed by atoms with Crippen molar-refractivity contribution in [1.29, 1.82) is 0 Å². The number of ether oxygens (including phenoxy) is 2. The number of hydrogen-bond acceptors (Lipinski definition) is 3. The number of rotatable bonds is 4. The van der Waals surface area contributed by atoms with Crippen LogP contribution in [0.15, 0.2) is 40.9 Å². The van der Waals surface area contributed by atoms with Crippen molar-refractivity contribution < 1.29 is 9.47 Å². The van der Waals surface area contributed by atoms with Crippen LogP contribution in [0.3, 0.4) is 0 Å². The minimum absolute atomic E-state index is 0.303. The highest BCUT2D eigenvalue weighted by atomic mass is 79.9. The van der Waals surface area contributed by atoms with E-state index < -0.39 is 0 Å². The lowest BCUT2D eigenvalue weighted by atomic mass is 10.1. The van der Waals surface area contributed by atoms with Gasteiger partial charge in [0.15, 0.2) is 11.5 Å². The predicted octanol–water partition coefficient (Wildman–Crippen LogP) is 4.35. The third kappa shape index (κ3) is 2.75. The van der Waals surface area contributed by atoms with Crippen molar-refractivity contribution in [3.05, 3.63) is 52.0 Å². The van der Waals surface area contributed by atoms with E-state index in [0.29, 0.717) is 6.79 Å². The van der Waals surface area contributed by atoms with Crippen LogP contribution in [-0.4, -0.2) is 6.79 Å². The molecule has 2 aromatic rings. The zero-order valence-corrected chi connectivity index (χ0v) is 12.9. The second-order valence-electron chi connectivity index (χ2n) is 4.70. The smallest absolute Gasteiger partial charge is 0.231 e. The van der Waals surface area contributed by atoms with E-state index in [2.05, 4.69) is 52.4 Å². The van der Waals surface area contributed by atoms with E-state index >= 15 is 0 Å². The third-order valence-corrected chi connectivity index (χ3v) is 4.12. The first-order chi connectivity index (χ1) is 9.76. The summed E-state index contributed by atoms with van der Waals surface area (Å²) in [6.07, 6.45) is 1.06. The zero-order chi connectivity index (χ0) is 13.9. The highest BCUT2D eigenvalue weighted by Crippen LogP contribution is 2.37. The van der Waals surface area contributed by atoms with Gasteiger partial charge in [0.2, 0.25) is 6.79 Å². The van der Waals surface area contributed by atoms with Crippen molar-refractivity contribution in [1.82, 2.24) is 0 Å². The lowest BCUT2D eigenvalue weighted by Crippen LogP contribution is -2.00. The van der Waals surface area contributed by atoms with E-state index in [-0.39, 0.29) is 0 Å². The molecule has 4 heteroatoms. The SMILES string of the molecule is CCc1ccc(NCc2cc3c(cc2Br)OCO3)cc1. The van der Waals surface area contributed by atoms with Gasteiger partial charge in [0.05, 0.1) is 0 Å². The second-order valence-corrected chi connectivity index (χ2v) is 5.56. The molecule has 0 atom stereocenters. The van der Waals surface area contributed by atoms with E-state index in [9.17, 15) is 0 Å². The van der Waals surface area contributed by atoms with Gasteiger partial charge in [-0.2, -0.15) is 0 Å². The summed E-state index contributed by atoms with van der Waals surface area (Å²) >= 11 is 3.57. The zero-order valence-electron chi connectivity index (χ0n) is 11.3. The van der Waals surface area contributed by atoms with Gasteiger partial charge in [-0.1, -0.05) is 35.0 Å². The Balaban J connectivity index is 1.71. The Labute approximate surface area is 127 Å². The Kier molecular flexibility index (Phi) is 3.83. The molecule has 0 radical (unpaired) electrons. The van der Waals surface area contributed by atoms with Crippen LogP contribution in [0.1, 0.15) is 18.1 Å². The molecule has 20 heavy (non-hydrogen) atoms. The van der Waals surface area contributed by atoms with Gasteiger partial charge < -0.3 is 14.8 Å². The van der Waals surface area contributed by atoms with E-state index in [4.69, 9.17) is 9.47 Å². The van der Waals surface area contributed by atoms with Crippen molar-refractivity contribution >= 4 is 21.6 Å². The van der Waals surface area contributed by atoms with Gasteiger partial charge in [0.1, 0.15) is 0 Å². The Bertz CT molecular complexity index is 611. The lowest BCUT2D eigenvalue weighted by Gasteiger charge is -2.10. The minimum atomic E-state index is 0.303. The fourth-order valence-corrected chi connectivity index (χ4v) is 2.61. The van der Waals surface area contributed by atoms with E-state index in [0.717, 1.165) is 40.2 Å². The van der Waals surface area contributed by atoms with Gasteiger partial charge in [0.25, 0.3) is 0 Å². The molecule has 0 saturated carbocycles. The van der Waals surface area contributed by atoms with E-state index in [1.165, 1.54) is 5.56 Å². The molecular formula is C16H16BrNO2. The Morgan fingerprint density at radius 1 is 1.10 bits per heavy atom. The van der Waals surface area contributed by atoms with Crippen LogP contribution in [0.5, 0.6) is 11.5 Å². The fraction of sp³-hybridized carbons (Fsp3) is 0.250. The van der Waals surface area contributed by atoms with Crippen LogP contribution in [0.25, 0.3) is 0 Å². The van der Waals surface area contributed by atoms with Crippen molar-refractivity contribution in [2.45, 2.75) is 19.9 Å². The van der Waals surface area contributed by atoms with Crippen molar-refractivity contribution in [2.75, 3.05) is 12.1 Å². The van der Waals surface area contributed by atoms with Crippen LogP contribution in [0, 0.1) is 0 Å². The monoisotopic (exact) mass is 333 g/mol. The first-order valence-electron chi connectivity index (χ1n) is 6.67. The van der Waals surface area contributed by atoms with Crippen molar-refractivity contribution in [3.8, 4) is 11.5 Å². The molecule has 1 aliphatic rings. The van der Waals surface area contributed by atoms with Crippen LogP contribution >= 0.6 is 15.9 Å². The summed E-state index contributed by atoms with van der Waals surface area (Å²) in [6, 6.07) is 12.5. The van der Waals surface area contributed by atoms with Gasteiger partial charge in [-0.15, -0.1) is 0 Å². The van der Waals surface area contributed by atoms with E-state index in [1.807, 2.05) is 12.1 Å². The Morgan fingerprint density at radius 3 is 2.50 bits per heavy atom. The number of halogens is 1. The molecule has 0 saturated heterocycles. The molecule has 3 nitrogen and oxygen atoms in total. The van der Waals surface area contributed by atoms with Crippen LogP contribution in [0.4, 0.5) is 5.69 Å². The molecule has 0 aromatic heterocycles. The summed E-state index contributed by atoms with van der Waals surface area (Å²) in [6.45, 7) is 3.20. The molecule has 1 heterocycles. The average Bonchev–Trinajstić information content (AvgIpc) is 2.92. The minimum Gasteiger partial charge on any atom is -0.454 e. The van der Waals surface area contributed by atoms with Crippen LogP contribution < -0.4 is 14.8 Å². The maximum absolute atomic E-state index is 5.41. The highest BCUT2D eigenvalue weighted by Gasteiger charge is 2.16. The molecule has 0 bridgehead atoms. The van der Waals surface area contributed by atoms with Crippen LogP contribution in [0.2, 0.25) is 0 Å². The maximum atomic E-state index is 5.41. The summed E-state index contributed by atoms with van der Waals surface area (Å²) in [5.74, 6) is 1.61.